The summed E-state index contributed by atoms with van der Waals surface area (Å²) < 4.78 is 5.01. The molecule has 0 aliphatic heterocycles. The first-order chi connectivity index (χ1) is 8.04. The molecule has 0 spiro atoms. The summed E-state index contributed by atoms with van der Waals surface area (Å²) in [6.45, 7) is 2.61. The molecule has 3 N–H and O–H groups in total. The molecule has 1 aliphatic carbocycles. The Morgan fingerprint density at radius 2 is 2.29 bits per heavy atom. The van der Waals surface area contributed by atoms with E-state index in [-0.39, 0.29) is 23.8 Å². The summed E-state index contributed by atoms with van der Waals surface area (Å²) in [5, 5.41) is 3.04. The molecule has 3 unspecified atom stereocenters. The number of nitrogens with two attached hydrogens (primary N) is 1. The number of methoxy groups -OCH3 is 1. The number of ether oxygens (including phenoxy) is 1. The Morgan fingerprint density at radius 3 is 2.88 bits per heavy atom. The van der Waals surface area contributed by atoms with Gasteiger partial charge >= 0.3 is 0 Å². The maximum Gasteiger partial charge on any atom is 0.220 e. The van der Waals surface area contributed by atoms with Gasteiger partial charge in [0.15, 0.2) is 0 Å². The van der Waals surface area contributed by atoms with E-state index in [1.807, 2.05) is 6.92 Å². The van der Waals surface area contributed by atoms with Gasteiger partial charge in [-0.2, -0.15) is 0 Å². The molecule has 5 heteroatoms. The Morgan fingerprint density at radius 1 is 1.59 bits per heavy atom. The van der Waals surface area contributed by atoms with E-state index in [1.165, 1.54) is 0 Å². The van der Waals surface area contributed by atoms with Crippen LogP contribution in [-0.2, 0) is 9.53 Å². The number of hydrogen-bond donors (Lipinski definition) is 2. The number of nitrogens with one attached hydrogen (secondary N) is 1. The van der Waals surface area contributed by atoms with Crippen LogP contribution < -0.4 is 11.1 Å². The molecule has 0 heterocycles. The van der Waals surface area contributed by atoms with Crippen LogP contribution in [0.25, 0.3) is 0 Å². The van der Waals surface area contributed by atoms with Gasteiger partial charge in [-0.3, -0.25) is 4.79 Å². The molecule has 1 amide bonds. The molecule has 0 aromatic carbocycles. The van der Waals surface area contributed by atoms with E-state index in [2.05, 4.69) is 5.32 Å². The van der Waals surface area contributed by atoms with Gasteiger partial charge in [-0.25, -0.2) is 0 Å². The quantitative estimate of drug-likeness (QED) is 0.703. The van der Waals surface area contributed by atoms with Crippen molar-refractivity contribution in [2.75, 3.05) is 13.7 Å². The van der Waals surface area contributed by atoms with Crippen LogP contribution in [0.2, 0.25) is 0 Å². The van der Waals surface area contributed by atoms with E-state index in [0.29, 0.717) is 18.0 Å². The van der Waals surface area contributed by atoms with Crippen molar-refractivity contribution < 1.29 is 9.53 Å². The van der Waals surface area contributed by atoms with Crippen molar-refractivity contribution in [1.29, 1.82) is 0 Å². The Hall–Kier alpha value is -0.680. The van der Waals surface area contributed by atoms with Gasteiger partial charge in [-0.15, -0.1) is 0 Å². The molecule has 0 radical (unpaired) electrons. The molecule has 1 saturated carbocycles. The average molecular weight is 258 g/mol. The van der Waals surface area contributed by atoms with Gasteiger partial charge in [0.2, 0.25) is 5.91 Å². The van der Waals surface area contributed by atoms with Crippen LogP contribution in [0.1, 0.15) is 32.6 Å². The van der Waals surface area contributed by atoms with E-state index in [4.69, 9.17) is 22.7 Å². The third-order valence-corrected chi connectivity index (χ3v) is 3.52. The highest BCUT2D eigenvalue weighted by atomic mass is 32.1. The largest absolute Gasteiger partial charge is 0.393 e. The van der Waals surface area contributed by atoms with Crippen molar-refractivity contribution >= 4 is 23.1 Å². The van der Waals surface area contributed by atoms with Gasteiger partial charge in [-0.05, 0) is 18.8 Å². The van der Waals surface area contributed by atoms with Crippen LogP contribution in [-0.4, -0.2) is 30.7 Å². The average Bonchev–Trinajstić information content (AvgIpc) is 2.65. The fourth-order valence-electron chi connectivity index (χ4n) is 2.40. The predicted octanol–water partition coefficient (Wildman–Crippen LogP) is 1.23. The maximum absolute atomic E-state index is 11.8. The second kappa shape index (κ2) is 6.91. The highest BCUT2D eigenvalue weighted by molar-refractivity contribution is 7.80. The molecule has 1 aliphatic rings. The molecule has 0 aromatic heterocycles. The monoisotopic (exact) mass is 258 g/mol. The van der Waals surface area contributed by atoms with Gasteiger partial charge in [0.25, 0.3) is 0 Å². The minimum absolute atomic E-state index is 0.0719. The Bertz CT molecular complexity index is 284. The van der Waals surface area contributed by atoms with Crippen LogP contribution >= 0.6 is 12.2 Å². The first kappa shape index (κ1) is 14.4. The summed E-state index contributed by atoms with van der Waals surface area (Å²) in [5.74, 6) is 0.485. The highest BCUT2D eigenvalue weighted by Crippen LogP contribution is 2.26. The summed E-state index contributed by atoms with van der Waals surface area (Å²) in [7, 11) is 1.65. The summed E-state index contributed by atoms with van der Waals surface area (Å²) in [5.41, 5.74) is 5.67. The third kappa shape index (κ3) is 4.60. The van der Waals surface area contributed by atoms with Gasteiger partial charge in [0.05, 0.1) is 4.99 Å². The Balaban J connectivity index is 2.37. The number of hydrogen-bond acceptors (Lipinski definition) is 3. The van der Waals surface area contributed by atoms with Crippen LogP contribution in [0.15, 0.2) is 0 Å². The van der Waals surface area contributed by atoms with Crippen molar-refractivity contribution in [3.05, 3.63) is 0 Å². The van der Waals surface area contributed by atoms with Gasteiger partial charge in [0.1, 0.15) is 0 Å². The molecule has 4 nitrogen and oxygen atoms in total. The number of carbonyl (C=O) groups excluding carboxylic acids is 1. The standard InChI is InChI=1S/C12H22N2O2S/c1-8(7-16-2)6-11(15)14-10-5-3-4-9(10)12(13)17/h8-10H,3-7H2,1-2H3,(H2,13,17)(H,14,15). The predicted molar refractivity (Wildman–Crippen MR) is 71.7 cm³/mol. The van der Waals surface area contributed by atoms with Gasteiger partial charge < -0.3 is 15.8 Å². The van der Waals surface area contributed by atoms with Crippen molar-refractivity contribution in [3.8, 4) is 0 Å². The lowest BCUT2D eigenvalue weighted by atomic mass is 10.0. The van der Waals surface area contributed by atoms with E-state index < -0.39 is 0 Å². The van der Waals surface area contributed by atoms with Gasteiger partial charge in [0, 0.05) is 32.1 Å². The van der Waals surface area contributed by atoms with Crippen molar-refractivity contribution in [3.63, 3.8) is 0 Å². The molecule has 0 bridgehead atoms. The fraction of sp³-hybridized carbons (Fsp3) is 0.833. The van der Waals surface area contributed by atoms with Gasteiger partial charge in [-0.1, -0.05) is 25.6 Å². The van der Waals surface area contributed by atoms with Crippen molar-refractivity contribution in [2.45, 2.75) is 38.6 Å². The summed E-state index contributed by atoms with van der Waals surface area (Å²) in [6, 6.07) is 0.134. The second-order valence-corrected chi connectivity index (χ2v) is 5.35. The third-order valence-electron chi connectivity index (χ3n) is 3.21. The van der Waals surface area contributed by atoms with E-state index in [1.54, 1.807) is 7.11 Å². The highest BCUT2D eigenvalue weighted by Gasteiger charge is 2.30. The summed E-state index contributed by atoms with van der Waals surface area (Å²) >= 11 is 5.02. The molecular weight excluding hydrogens is 236 g/mol. The number of amides is 1. The van der Waals surface area contributed by atoms with Crippen molar-refractivity contribution in [1.82, 2.24) is 5.32 Å². The lowest BCUT2D eigenvalue weighted by Gasteiger charge is -2.20. The SMILES string of the molecule is COCC(C)CC(=O)NC1CCCC1C(N)=S. The second-order valence-electron chi connectivity index (χ2n) is 4.88. The van der Waals surface area contributed by atoms with E-state index >= 15 is 0 Å². The summed E-state index contributed by atoms with van der Waals surface area (Å²) in [4.78, 5) is 12.3. The topological polar surface area (TPSA) is 64.3 Å². The fourth-order valence-corrected chi connectivity index (χ4v) is 2.68. The van der Waals surface area contributed by atoms with Crippen molar-refractivity contribution in [2.24, 2.45) is 17.6 Å². The Kier molecular flexibility index (Phi) is 5.85. The lowest BCUT2D eigenvalue weighted by Crippen LogP contribution is -2.42. The lowest BCUT2D eigenvalue weighted by molar-refractivity contribution is -0.123. The van der Waals surface area contributed by atoms with Crippen LogP contribution in [0, 0.1) is 11.8 Å². The number of carbonyl (C=O) groups is 1. The summed E-state index contributed by atoms with van der Waals surface area (Å²) in [6.07, 6.45) is 3.55. The smallest absolute Gasteiger partial charge is 0.220 e. The molecule has 0 aromatic rings. The van der Waals surface area contributed by atoms with E-state index in [9.17, 15) is 4.79 Å². The first-order valence-corrected chi connectivity index (χ1v) is 6.53. The van der Waals surface area contributed by atoms with Crippen LogP contribution in [0.3, 0.4) is 0 Å². The Labute approximate surface area is 108 Å². The zero-order chi connectivity index (χ0) is 12.8. The zero-order valence-corrected chi connectivity index (χ0v) is 11.4. The molecule has 17 heavy (non-hydrogen) atoms. The number of thiocarbonyl (C=S) groups is 1. The minimum atomic E-state index is 0.0719. The van der Waals surface area contributed by atoms with Crippen LogP contribution in [0.5, 0.6) is 0 Å². The maximum atomic E-state index is 11.8. The molecular formula is C12H22N2O2S. The van der Waals surface area contributed by atoms with E-state index in [0.717, 1.165) is 19.3 Å². The number of rotatable bonds is 6. The minimum Gasteiger partial charge on any atom is -0.393 e. The molecule has 0 saturated heterocycles. The first-order valence-electron chi connectivity index (χ1n) is 6.12. The molecule has 1 rings (SSSR count). The zero-order valence-electron chi connectivity index (χ0n) is 10.6. The normalized spacial score (nSPS) is 25.5. The molecule has 98 valence electrons. The molecule has 3 atom stereocenters. The van der Waals surface area contributed by atoms with Crippen LogP contribution in [0.4, 0.5) is 0 Å². The molecule has 1 fully saturated rings.